The molecule has 1 fully saturated rings. The second kappa shape index (κ2) is 4.00. The zero-order valence-corrected chi connectivity index (χ0v) is 9.37. The van der Waals surface area contributed by atoms with E-state index in [2.05, 4.69) is 10.6 Å². The molecule has 2 heterocycles. The van der Waals surface area contributed by atoms with Crippen LogP contribution in [-0.2, 0) is 4.79 Å². The van der Waals surface area contributed by atoms with Gasteiger partial charge in [0.15, 0.2) is 0 Å². The smallest absolute Gasteiger partial charge is 0.226 e. The molecule has 0 spiro atoms. The van der Waals surface area contributed by atoms with Gasteiger partial charge >= 0.3 is 0 Å². The standard InChI is InChI=1S/C12H14FN3O/c13-9-2-1-3-10-12(9)16-5-4-14-7-8(16)6-11(17)15-10/h1-3,8,14H,4-7H2,(H,15,17)/t8-/m1/s1. The lowest BCUT2D eigenvalue weighted by Gasteiger charge is -2.36. The molecular formula is C12H14FN3O. The Hall–Kier alpha value is -1.62. The quantitative estimate of drug-likeness (QED) is 0.703. The molecule has 5 heteroatoms. The van der Waals surface area contributed by atoms with Crippen LogP contribution in [0.4, 0.5) is 15.8 Å². The van der Waals surface area contributed by atoms with Crippen LogP contribution >= 0.6 is 0 Å². The van der Waals surface area contributed by atoms with Crippen molar-refractivity contribution < 1.29 is 9.18 Å². The SMILES string of the molecule is O=C1C[C@@H]2CNCCN2c2c(F)cccc2N1. The van der Waals surface area contributed by atoms with Crippen molar-refractivity contribution >= 4 is 17.3 Å². The minimum absolute atomic E-state index is 0.0434. The Bertz CT molecular complexity index is 463. The lowest BCUT2D eigenvalue weighted by Crippen LogP contribution is -2.51. The molecule has 2 aliphatic rings. The number of piperazine rings is 1. The van der Waals surface area contributed by atoms with Crippen LogP contribution in [-0.4, -0.2) is 31.6 Å². The van der Waals surface area contributed by atoms with Gasteiger partial charge in [-0.25, -0.2) is 4.39 Å². The van der Waals surface area contributed by atoms with Gasteiger partial charge in [-0.3, -0.25) is 4.79 Å². The number of benzene rings is 1. The monoisotopic (exact) mass is 235 g/mol. The van der Waals surface area contributed by atoms with Gasteiger partial charge in [-0.2, -0.15) is 0 Å². The molecule has 0 unspecified atom stereocenters. The van der Waals surface area contributed by atoms with Gasteiger partial charge in [-0.1, -0.05) is 6.07 Å². The summed E-state index contributed by atoms with van der Waals surface area (Å²) in [5.41, 5.74) is 1.12. The Morgan fingerprint density at radius 1 is 1.41 bits per heavy atom. The van der Waals surface area contributed by atoms with Gasteiger partial charge in [0.2, 0.25) is 5.91 Å². The molecule has 0 radical (unpaired) electrons. The molecule has 3 rings (SSSR count). The third kappa shape index (κ3) is 1.76. The normalized spacial score (nSPS) is 23.5. The number of nitrogens with zero attached hydrogens (tertiary/aromatic N) is 1. The fourth-order valence-corrected chi connectivity index (χ4v) is 2.56. The number of amides is 1. The average Bonchev–Trinajstić information content (AvgIpc) is 2.44. The summed E-state index contributed by atoms with van der Waals surface area (Å²) in [4.78, 5) is 13.7. The number of halogens is 1. The fraction of sp³-hybridized carbons (Fsp3) is 0.417. The van der Waals surface area contributed by atoms with Crippen LogP contribution in [0.3, 0.4) is 0 Å². The Labute approximate surface area is 98.8 Å². The first-order valence-corrected chi connectivity index (χ1v) is 5.81. The molecule has 4 nitrogen and oxygen atoms in total. The van der Waals surface area contributed by atoms with Gasteiger partial charge in [-0.15, -0.1) is 0 Å². The summed E-state index contributed by atoms with van der Waals surface area (Å²) in [5, 5.41) is 6.01. The van der Waals surface area contributed by atoms with E-state index in [1.165, 1.54) is 6.07 Å². The van der Waals surface area contributed by atoms with Crippen LogP contribution in [0.5, 0.6) is 0 Å². The van der Waals surface area contributed by atoms with E-state index in [-0.39, 0.29) is 17.8 Å². The van der Waals surface area contributed by atoms with E-state index in [0.29, 0.717) is 17.8 Å². The number of carbonyl (C=O) groups is 1. The highest BCUT2D eigenvalue weighted by Gasteiger charge is 2.31. The molecule has 2 N–H and O–H groups in total. The summed E-state index contributed by atoms with van der Waals surface area (Å²) in [6.45, 7) is 2.27. The van der Waals surface area contributed by atoms with Gasteiger partial charge in [0.05, 0.1) is 17.4 Å². The molecule has 0 bridgehead atoms. The summed E-state index contributed by atoms with van der Waals surface area (Å²) in [6, 6.07) is 4.86. The second-order valence-corrected chi connectivity index (χ2v) is 4.44. The largest absolute Gasteiger partial charge is 0.361 e. The molecule has 1 aromatic rings. The molecule has 0 saturated carbocycles. The predicted molar refractivity (Wildman–Crippen MR) is 63.7 cm³/mol. The van der Waals surface area contributed by atoms with Gasteiger partial charge < -0.3 is 15.5 Å². The Morgan fingerprint density at radius 3 is 3.18 bits per heavy atom. The maximum atomic E-state index is 13.9. The topological polar surface area (TPSA) is 44.4 Å². The van der Waals surface area contributed by atoms with Crippen molar-refractivity contribution in [3.8, 4) is 0 Å². The number of para-hydroxylation sites is 1. The molecule has 1 atom stereocenters. The number of carbonyl (C=O) groups excluding carboxylic acids is 1. The van der Waals surface area contributed by atoms with Crippen LogP contribution in [0, 0.1) is 5.82 Å². The molecule has 1 amide bonds. The highest BCUT2D eigenvalue weighted by Crippen LogP contribution is 2.34. The van der Waals surface area contributed by atoms with Gasteiger partial charge in [0.25, 0.3) is 0 Å². The first-order chi connectivity index (χ1) is 8.25. The van der Waals surface area contributed by atoms with E-state index in [0.717, 1.165) is 19.6 Å². The van der Waals surface area contributed by atoms with Crippen molar-refractivity contribution in [2.45, 2.75) is 12.5 Å². The Morgan fingerprint density at radius 2 is 2.29 bits per heavy atom. The van der Waals surface area contributed by atoms with Crippen molar-refractivity contribution in [3.63, 3.8) is 0 Å². The summed E-state index contributed by atoms with van der Waals surface area (Å²) >= 11 is 0. The zero-order valence-electron chi connectivity index (χ0n) is 9.37. The van der Waals surface area contributed by atoms with Crippen LogP contribution < -0.4 is 15.5 Å². The minimum atomic E-state index is -0.267. The van der Waals surface area contributed by atoms with Gasteiger partial charge in [0, 0.05) is 26.1 Å². The summed E-state index contributed by atoms with van der Waals surface area (Å²) in [7, 11) is 0. The third-order valence-corrected chi connectivity index (χ3v) is 3.32. The van der Waals surface area contributed by atoms with Gasteiger partial charge in [-0.05, 0) is 12.1 Å². The number of anilines is 2. The number of hydrogen-bond donors (Lipinski definition) is 2. The Kier molecular flexibility index (Phi) is 2.48. The maximum absolute atomic E-state index is 13.9. The molecular weight excluding hydrogens is 221 g/mol. The first kappa shape index (κ1) is 10.5. The number of nitrogens with one attached hydrogen (secondary N) is 2. The van der Waals surface area contributed by atoms with Crippen molar-refractivity contribution in [3.05, 3.63) is 24.0 Å². The van der Waals surface area contributed by atoms with Gasteiger partial charge in [0.1, 0.15) is 5.82 Å². The predicted octanol–water partition coefficient (Wildman–Crippen LogP) is 0.946. The minimum Gasteiger partial charge on any atom is -0.361 e. The highest BCUT2D eigenvalue weighted by molar-refractivity contribution is 5.96. The van der Waals surface area contributed by atoms with Crippen LogP contribution in [0.25, 0.3) is 0 Å². The summed E-state index contributed by atoms with van der Waals surface area (Å²) in [6.07, 6.45) is 0.404. The second-order valence-electron chi connectivity index (χ2n) is 4.44. The average molecular weight is 235 g/mol. The fourth-order valence-electron chi connectivity index (χ4n) is 2.56. The van der Waals surface area contributed by atoms with Crippen LogP contribution in [0.15, 0.2) is 18.2 Å². The summed E-state index contributed by atoms with van der Waals surface area (Å²) < 4.78 is 13.9. The van der Waals surface area contributed by atoms with Crippen LogP contribution in [0.1, 0.15) is 6.42 Å². The summed E-state index contributed by atoms with van der Waals surface area (Å²) in [5.74, 6) is -0.315. The van der Waals surface area contributed by atoms with Crippen molar-refractivity contribution in [2.24, 2.45) is 0 Å². The van der Waals surface area contributed by atoms with Crippen LogP contribution in [0.2, 0.25) is 0 Å². The maximum Gasteiger partial charge on any atom is 0.226 e. The van der Waals surface area contributed by atoms with E-state index in [1.807, 2.05) is 4.90 Å². The number of hydrogen-bond acceptors (Lipinski definition) is 3. The molecule has 1 aromatic carbocycles. The molecule has 2 aliphatic heterocycles. The highest BCUT2D eigenvalue weighted by atomic mass is 19.1. The zero-order chi connectivity index (χ0) is 11.8. The van der Waals surface area contributed by atoms with E-state index in [1.54, 1.807) is 12.1 Å². The Balaban J connectivity index is 2.10. The molecule has 17 heavy (non-hydrogen) atoms. The van der Waals surface area contributed by atoms with Crippen molar-refractivity contribution in [1.29, 1.82) is 0 Å². The lowest BCUT2D eigenvalue weighted by molar-refractivity contribution is -0.116. The molecule has 90 valence electrons. The van der Waals surface area contributed by atoms with E-state index in [9.17, 15) is 9.18 Å². The first-order valence-electron chi connectivity index (χ1n) is 5.81. The van der Waals surface area contributed by atoms with E-state index >= 15 is 0 Å². The number of rotatable bonds is 0. The number of fused-ring (bicyclic) bond motifs is 3. The molecule has 0 aliphatic carbocycles. The lowest BCUT2D eigenvalue weighted by atomic mass is 10.1. The third-order valence-electron chi connectivity index (χ3n) is 3.32. The van der Waals surface area contributed by atoms with Crippen molar-refractivity contribution in [1.82, 2.24) is 5.32 Å². The molecule has 1 saturated heterocycles. The van der Waals surface area contributed by atoms with Crippen molar-refractivity contribution in [2.75, 3.05) is 29.9 Å². The molecule has 0 aromatic heterocycles. The van der Waals surface area contributed by atoms with E-state index in [4.69, 9.17) is 0 Å². The van der Waals surface area contributed by atoms with E-state index < -0.39 is 0 Å².